The van der Waals surface area contributed by atoms with Gasteiger partial charge in [-0.2, -0.15) is 0 Å². The molecule has 0 saturated carbocycles. The van der Waals surface area contributed by atoms with Crippen LogP contribution < -0.4 is 10.6 Å². The number of carbonyl (C=O) groups excluding carboxylic acids is 1. The Labute approximate surface area is 125 Å². The van der Waals surface area contributed by atoms with Gasteiger partial charge < -0.3 is 10.6 Å². The second-order valence-corrected chi connectivity index (χ2v) is 5.10. The Morgan fingerprint density at radius 2 is 1.86 bits per heavy atom. The molecule has 0 radical (unpaired) electrons. The van der Waals surface area contributed by atoms with Gasteiger partial charge in [0.2, 0.25) is 5.91 Å². The van der Waals surface area contributed by atoms with Crippen LogP contribution in [0.15, 0.2) is 54.9 Å². The summed E-state index contributed by atoms with van der Waals surface area (Å²) in [7, 11) is 1.85. The predicted molar refractivity (Wildman–Crippen MR) is 83.8 cm³/mol. The molecule has 2 atom stereocenters. The molecule has 2 rings (SSSR count). The van der Waals surface area contributed by atoms with E-state index in [1.54, 1.807) is 12.4 Å². The summed E-state index contributed by atoms with van der Waals surface area (Å²) in [6, 6.07) is 13.6. The maximum absolute atomic E-state index is 12.3. The van der Waals surface area contributed by atoms with E-state index in [1.807, 2.05) is 56.4 Å². The van der Waals surface area contributed by atoms with Crippen molar-refractivity contribution in [2.24, 2.45) is 5.92 Å². The summed E-state index contributed by atoms with van der Waals surface area (Å²) in [5.41, 5.74) is 2.03. The second-order valence-electron chi connectivity index (χ2n) is 5.10. The van der Waals surface area contributed by atoms with E-state index in [0.717, 1.165) is 11.1 Å². The molecule has 0 bridgehead atoms. The van der Waals surface area contributed by atoms with Gasteiger partial charge in [-0.25, -0.2) is 0 Å². The lowest BCUT2D eigenvalue weighted by molar-refractivity contribution is -0.124. The van der Waals surface area contributed by atoms with Crippen LogP contribution in [0.1, 0.15) is 24.1 Å². The van der Waals surface area contributed by atoms with E-state index in [-0.39, 0.29) is 17.9 Å². The molecule has 0 aliphatic rings. The molecule has 2 N–H and O–H groups in total. The zero-order chi connectivity index (χ0) is 15.1. The van der Waals surface area contributed by atoms with Gasteiger partial charge in [-0.15, -0.1) is 0 Å². The van der Waals surface area contributed by atoms with E-state index in [2.05, 4.69) is 15.6 Å². The SMILES string of the molecule is CNCC(C)C(=O)NC(c1ccccc1)c1cccnc1. The van der Waals surface area contributed by atoms with Crippen LogP contribution in [0.2, 0.25) is 0 Å². The fraction of sp³-hybridized carbons (Fsp3) is 0.294. The van der Waals surface area contributed by atoms with Crippen molar-refractivity contribution >= 4 is 5.91 Å². The lowest BCUT2D eigenvalue weighted by Gasteiger charge is -2.21. The number of benzene rings is 1. The first-order valence-electron chi connectivity index (χ1n) is 7.12. The third kappa shape index (κ3) is 4.13. The summed E-state index contributed by atoms with van der Waals surface area (Å²) in [6.45, 7) is 2.57. The lowest BCUT2D eigenvalue weighted by atomic mass is 9.99. The quantitative estimate of drug-likeness (QED) is 0.854. The minimum atomic E-state index is -0.174. The van der Waals surface area contributed by atoms with E-state index < -0.39 is 0 Å². The van der Waals surface area contributed by atoms with Crippen molar-refractivity contribution in [1.82, 2.24) is 15.6 Å². The first-order chi connectivity index (χ1) is 10.2. The molecule has 2 aromatic rings. The molecule has 1 amide bonds. The number of hydrogen-bond donors (Lipinski definition) is 2. The molecule has 1 aromatic carbocycles. The normalized spacial score (nSPS) is 13.4. The minimum absolute atomic E-state index is 0.0297. The van der Waals surface area contributed by atoms with Crippen molar-refractivity contribution in [2.45, 2.75) is 13.0 Å². The average Bonchev–Trinajstić information content (AvgIpc) is 2.54. The van der Waals surface area contributed by atoms with Crippen LogP contribution in [0, 0.1) is 5.92 Å². The van der Waals surface area contributed by atoms with Crippen LogP contribution >= 0.6 is 0 Å². The van der Waals surface area contributed by atoms with Crippen LogP contribution in [0.4, 0.5) is 0 Å². The maximum atomic E-state index is 12.3. The third-order valence-electron chi connectivity index (χ3n) is 3.40. The highest BCUT2D eigenvalue weighted by Gasteiger charge is 2.20. The molecule has 0 spiro atoms. The van der Waals surface area contributed by atoms with E-state index in [1.165, 1.54) is 0 Å². The van der Waals surface area contributed by atoms with Crippen LogP contribution in [0.25, 0.3) is 0 Å². The summed E-state index contributed by atoms with van der Waals surface area (Å²) in [4.78, 5) is 16.5. The highest BCUT2D eigenvalue weighted by molar-refractivity contribution is 5.79. The molecule has 1 heterocycles. The van der Waals surface area contributed by atoms with Crippen molar-refractivity contribution in [3.8, 4) is 0 Å². The molecule has 110 valence electrons. The standard InChI is InChI=1S/C17H21N3O/c1-13(11-18-2)17(21)20-16(14-7-4-3-5-8-14)15-9-6-10-19-12-15/h3-10,12-13,16,18H,11H2,1-2H3,(H,20,21). The Morgan fingerprint density at radius 3 is 2.48 bits per heavy atom. The first-order valence-corrected chi connectivity index (χ1v) is 7.12. The highest BCUT2D eigenvalue weighted by Crippen LogP contribution is 2.21. The van der Waals surface area contributed by atoms with Crippen molar-refractivity contribution in [3.05, 3.63) is 66.0 Å². The number of nitrogens with zero attached hydrogens (tertiary/aromatic N) is 1. The number of nitrogens with one attached hydrogen (secondary N) is 2. The number of carbonyl (C=O) groups is 1. The van der Waals surface area contributed by atoms with E-state index >= 15 is 0 Å². The topological polar surface area (TPSA) is 54.0 Å². The molecule has 0 aliphatic carbocycles. The average molecular weight is 283 g/mol. The first kappa shape index (κ1) is 15.2. The van der Waals surface area contributed by atoms with Crippen LogP contribution in [-0.4, -0.2) is 24.5 Å². The van der Waals surface area contributed by atoms with Gasteiger partial charge in [0.25, 0.3) is 0 Å². The third-order valence-corrected chi connectivity index (χ3v) is 3.40. The van der Waals surface area contributed by atoms with Gasteiger partial charge in [-0.05, 0) is 24.2 Å². The number of pyridine rings is 1. The molecular weight excluding hydrogens is 262 g/mol. The monoisotopic (exact) mass is 283 g/mol. The van der Waals surface area contributed by atoms with Gasteiger partial charge in [0, 0.05) is 24.9 Å². The Balaban J connectivity index is 2.23. The highest BCUT2D eigenvalue weighted by atomic mass is 16.1. The van der Waals surface area contributed by atoms with Gasteiger partial charge in [0.05, 0.1) is 6.04 Å². The fourth-order valence-electron chi connectivity index (χ4n) is 2.23. The predicted octanol–water partition coefficient (Wildman–Crippen LogP) is 2.14. The number of aromatic nitrogens is 1. The number of rotatable bonds is 6. The molecule has 2 unspecified atom stereocenters. The lowest BCUT2D eigenvalue weighted by Crippen LogP contribution is -2.37. The van der Waals surface area contributed by atoms with Crippen LogP contribution in [0.5, 0.6) is 0 Å². The van der Waals surface area contributed by atoms with Crippen LogP contribution in [-0.2, 0) is 4.79 Å². The largest absolute Gasteiger partial charge is 0.345 e. The summed E-state index contributed by atoms with van der Waals surface area (Å²) in [5, 5.41) is 6.14. The maximum Gasteiger partial charge on any atom is 0.224 e. The van der Waals surface area contributed by atoms with E-state index in [9.17, 15) is 4.79 Å². The summed E-state index contributed by atoms with van der Waals surface area (Å²) < 4.78 is 0. The van der Waals surface area contributed by atoms with Crippen molar-refractivity contribution in [3.63, 3.8) is 0 Å². The van der Waals surface area contributed by atoms with Crippen LogP contribution in [0.3, 0.4) is 0 Å². The molecule has 0 saturated heterocycles. The molecule has 0 aliphatic heterocycles. The van der Waals surface area contributed by atoms with Gasteiger partial charge in [0.1, 0.15) is 0 Å². The summed E-state index contributed by atoms with van der Waals surface area (Å²) in [6.07, 6.45) is 3.53. The van der Waals surface area contributed by atoms with Crippen molar-refractivity contribution in [2.75, 3.05) is 13.6 Å². The van der Waals surface area contributed by atoms with Gasteiger partial charge in [-0.1, -0.05) is 43.3 Å². The minimum Gasteiger partial charge on any atom is -0.345 e. The Hall–Kier alpha value is -2.20. The van der Waals surface area contributed by atoms with Crippen molar-refractivity contribution in [1.29, 1.82) is 0 Å². The number of hydrogen-bond acceptors (Lipinski definition) is 3. The van der Waals surface area contributed by atoms with E-state index in [0.29, 0.717) is 6.54 Å². The molecule has 21 heavy (non-hydrogen) atoms. The molecule has 4 nitrogen and oxygen atoms in total. The molecule has 1 aromatic heterocycles. The van der Waals surface area contributed by atoms with E-state index in [4.69, 9.17) is 0 Å². The molecule has 0 fully saturated rings. The summed E-state index contributed by atoms with van der Waals surface area (Å²) >= 11 is 0. The smallest absolute Gasteiger partial charge is 0.224 e. The zero-order valence-electron chi connectivity index (χ0n) is 12.4. The Kier molecular flexibility index (Phi) is 5.46. The molecule has 4 heteroatoms. The Bertz CT molecular complexity index is 517. The van der Waals surface area contributed by atoms with Gasteiger partial charge in [-0.3, -0.25) is 9.78 Å². The van der Waals surface area contributed by atoms with Crippen molar-refractivity contribution < 1.29 is 4.79 Å². The second kappa shape index (κ2) is 7.55. The number of amides is 1. The summed E-state index contributed by atoms with van der Waals surface area (Å²) in [5.74, 6) is -0.0556. The van der Waals surface area contributed by atoms with Gasteiger partial charge >= 0.3 is 0 Å². The van der Waals surface area contributed by atoms with Gasteiger partial charge in [0.15, 0.2) is 0 Å². The fourth-order valence-corrected chi connectivity index (χ4v) is 2.23. The molecular formula is C17H21N3O. The zero-order valence-corrected chi connectivity index (χ0v) is 12.4. The Morgan fingerprint density at radius 1 is 1.14 bits per heavy atom.